The zero-order valence-corrected chi connectivity index (χ0v) is 19.3. The SMILES string of the molecule is CN=C(NCCCCN(C)C(C)C)NC1CC(=O)N(c2ccccc2)C1.I. The van der Waals surface area contributed by atoms with Gasteiger partial charge in [-0.3, -0.25) is 9.79 Å². The maximum Gasteiger partial charge on any atom is 0.229 e. The van der Waals surface area contributed by atoms with Gasteiger partial charge in [-0.25, -0.2) is 0 Å². The number of nitrogens with one attached hydrogen (secondary N) is 2. The van der Waals surface area contributed by atoms with Gasteiger partial charge in [0, 0.05) is 38.3 Å². The molecule has 0 radical (unpaired) electrons. The Morgan fingerprint density at radius 1 is 1.30 bits per heavy atom. The van der Waals surface area contributed by atoms with E-state index in [1.165, 1.54) is 0 Å². The lowest BCUT2D eigenvalue weighted by atomic mass is 10.2. The van der Waals surface area contributed by atoms with Crippen LogP contribution in [0.3, 0.4) is 0 Å². The largest absolute Gasteiger partial charge is 0.356 e. The predicted octanol–water partition coefficient (Wildman–Crippen LogP) is 2.70. The number of carbonyl (C=O) groups excluding carboxylic acids is 1. The Balaban J connectivity index is 0.00000364. The summed E-state index contributed by atoms with van der Waals surface area (Å²) in [6, 6.07) is 10.5. The Morgan fingerprint density at radius 3 is 2.63 bits per heavy atom. The van der Waals surface area contributed by atoms with E-state index in [0.29, 0.717) is 19.0 Å². The molecular weight excluding hydrogens is 453 g/mol. The van der Waals surface area contributed by atoms with Crippen molar-refractivity contribution < 1.29 is 4.79 Å². The second-order valence-corrected chi connectivity index (χ2v) is 7.17. The maximum atomic E-state index is 12.3. The van der Waals surface area contributed by atoms with E-state index in [9.17, 15) is 4.79 Å². The standard InChI is InChI=1S/C20H33N5O.HI/c1-16(2)24(4)13-9-8-12-22-20(21-3)23-17-14-19(26)25(15-17)18-10-6-5-7-11-18;/h5-7,10-11,16-17H,8-9,12-15H2,1-4H3,(H2,21,22,23);1H. The molecule has 152 valence electrons. The second-order valence-electron chi connectivity index (χ2n) is 7.17. The molecule has 1 heterocycles. The van der Waals surface area contributed by atoms with Crippen LogP contribution in [0.15, 0.2) is 35.3 Å². The van der Waals surface area contributed by atoms with E-state index in [-0.39, 0.29) is 35.9 Å². The topological polar surface area (TPSA) is 60.0 Å². The van der Waals surface area contributed by atoms with Crippen LogP contribution < -0.4 is 15.5 Å². The van der Waals surface area contributed by atoms with Crippen molar-refractivity contribution in [1.82, 2.24) is 15.5 Å². The number of unbranched alkanes of at least 4 members (excludes halogenated alkanes) is 1. The molecule has 1 aliphatic heterocycles. The first-order chi connectivity index (χ1) is 12.5. The fraction of sp³-hybridized carbons (Fsp3) is 0.600. The number of aliphatic imine (C=N–C) groups is 1. The van der Waals surface area contributed by atoms with Crippen molar-refractivity contribution in [2.24, 2.45) is 4.99 Å². The van der Waals surface area contributed by atoms with Crippen LogP contribution in [0, 0.1) is 0 Å². The minimum Gasteiger partial charge on any atom is -0.356 e. The fourth-order valence-corrected chi connectivity index (χ4v) is 3.00. The van der Waals surface area contributed by atoms with E-state index in [1.807, 2.05) is 35.2 Å². The molecule has 27 heavy (non-hydrogen) atoms. The molecule has 1 amide bonds. The minimum atomic E-state index is 0. The molecule has 0 bridgehead atoms. The van der Waals surface area contributed by atoms with E-state index >= 15 is 0 Å². The number of rotatable bonds is 8. The molecule has 0 aliphatic carbocycles. The summed E-state index contributed by atoms with van der Waals surface area (Å²) in [5, 5.41) is 6.74. The molecule has 2 N–H and O–H groups in total. The second kappa shape index (κ2) is 12.2. The number of nitrogens with zero attached hydrogens (tertiary/aromatic N) is 3. The summed E-state index contributed by atoms with van der Waals surface area (Å²) in [5.74, 6) is 0.927. The lowest BCUT2D eigenvalue weighted by Gasteiger charge is -2.21. The first-order valence-corrected chi connectivity index (χ1v) is 9.54. The Hall–Kier alpha value is -1.35. The van der Waals surface area contributed by atoms with Crippen molar-refractivity contribution in [2.75, 3.05) is 38.6 Å². The van der Waals surface area contributed by atoms with Gasteiger partial charge in [0.25, 0.3) is 0 Å². The van der Waals surface area contributed by atoms with Gasteiger partial charge in [0.15, 0.2) is 5.96 Å². The summed E-state index contributed by atoms with van der Waals surface area (Å²) in [6.45, 7) is 7.09. The molecule has 1 atom stereocenters. The van der Waals surface area contributed by atoms with Gasteiger partial charge in [0.05, 0.1) is 6.04 Å². The van der Waals surface area contributed by atoms with Gasteiger partial charge in [0.2, 0.25) is 5.91 Å². The van der Waals surface area contributed by atoms with Crippen LogP contribution in [-0.2, 0) is 4.79 Å². The van der Waals surface area contributed by atoms with Gasteiger partial charge >= 0.3 is 0 Å². The number of hydrogen-bond donors (Lipinski definition) is 2. The number of halogens is 1. The molecule has 2 rings (SSSR count). The van der Waals surface area contributed by atoms with E-state index in [2.05, 4.69) is 41.4 Å². The number of amides is 1. The van der Waals surface area contributed by atoms with Crippen LogP contribution in [0.5, 0.6) is 0 Å². The smallest absolute Gasteiger partial charge is 0.229 e. The quantitative estimate of drug-likeness (QED) is 0.256. The highest BCUT2D eigenvalue weighted by Gasteiger charge is 2.30. The normalized spacial score (nSPS) is 17.4. The lowest BCUT2D eigenvalue weighted by Crippen LogP contribution is -2.45. The number of benzene rings is 1. The van der Waals surface area contributed by atoms with Crippen LogP contribution in [-0.4, -0.2) is 62.6 Å². The van der Waals surface area contributed by atoms with Gasteiger partial charge in [0.1, 0.15) is 0 Å². The molecular formula is C20H34IN5O. The Bertz CT molecular complexity index is 593. The molecule has 1 unspecified atom stereocenters. The Morgan fingerprint density at radius 2 is 2.00 bits per heavy atom. The number of carbonyl (C=O) groups is 1. The van der Waals surface area contributed by atoms with Crippen LogP contribution in [0.2, 0.25) is 0 Å². The number of anilines is 1. The summed E-state index contributed by atoms with van der Waals surface area (Å²) >= 11 is 0. The monoisotopic (exact) mass is 487 g/mol. The van der Waals surface area contributed by atoms with E-state index < -0.39 is 0 Å². The van der Waals surface area contributed by atoms with Crippen molar-refractivity contribution in [2.45, 2.75) is 45.2 Å². The predicted molar refractivity (Wildman–Crippen MR) is 124 cm³/mol. The molecule has 1 aromatic carbocycles. The molecule has 7 heteroatoms. The highest BCUT2D eigenvalue weighted by Crippen LogP contribution is 2.20. The third kappa shape index (κ3) is 7.65. The average molecular weight is 487 g/mol. The van der Waals surface area contributed by atoms with E-state index in [0.717, 1.165) is 37.6 Å². The lowest BCUT2D eigenvalue weighted by molar-refractivity contribution is -0.117. The van der Waals surface area contributed by atoms with Crippen molar-refractivity contribution in [3.8, 4) is 0 Å². The van der Waals surface area contributed by atoms with Crippen LogP contribution >= 0.6 is 24.0 Å². The van der Waals surface area contributed by atoms with Gasteiger partial charge in [-0.15, -0.1) is 24.0 Å². The third-order valence-electron chi connectivity index (χ3n) is 4.87. The molecule has 1 fully saturated rings. The zero-order valence-electron chi connectivity index (χ0n) is 16.9. The van der Waals surface area contributed by atoms with Crippen molar-refractivity contribution in [3.05, 3.63) is 30.3 Å². The average Bonchev–Trinajstić information content (AvgIpc) is 3.01. The number of para-hydroxylation sites is 1. The molecule has 0 aromatic heterocycles. The van der Waals surface area contributed by atoms with Gasteiger partial charge in [-0.1, -0.05) is 18.2 Å². The van der Waals surface area contributed by atoms with Crippen molar-refractivity contribution in [1.29, 1.82) is 0 Å². The summed E-state index contributed by atoms with van der Waals surface area (Å²) in [7, 11) is 3.93. The van der Waals surface area contributed by atoms with Gasteiger partial charge < -0.3 is 20.4 Å². The van der Waals surface area contributed by atoms with Crippen molar-refractivity contribution >= 4 is 41.5 Å². The van der Waals surface area contributed by atoms with E-state index in [1.54, 1.807) is 7.05 Å². The van der Waals surface area contributed by atoms with E-state index in [4.69, 9.17) is 0 Å². The number of hydrogen-bond acceptors (Lipinski definition) is 3. The van der Waals surface area contributed by atoms with Gasteiger partial charge in [-0.2, -0.15) is 0 Å². The maximum absolute atomic E-state index is 12.3. The highest BCUT2D eigenvalue weighted by atomic mass is 127. The van der Waals surface area contributed by atoms with Crippen molar-refractivity contribution in [3.63, 3.8) is 0 Å². The van der Waals surface area contributed by atoms with Crippen LogP contribution in [0.1, 0.15) is 33.1 Å². The summed E-state index contributed by atoms with van der Waals surface area (Å²) in [6.07, 6.45) is 2.74. The fourth-order valence-electron chi connectivity index (χ4n) is 3.00. The molecule has 1 aromatic rings. The Labute approximate surface area is 180 Å². The highest BCUT2D eigenvalue weighted by molar-refractivity contribution is 14.0. The Kier molecular flexibility index (Phi) is 10.7. The summed E-state index contributed by atoms with van der Waals surface area (Å²) in [4.78, 5) is 20.8. The minimum absolute atomic E-state index is 0. The summed E-state index contributed by atoms with van der Waals surface area (Å²) < 4.78 is 0. The third-order valence-corrected chi connectivity index (χ3v) is 4.87. The van der Waals surface area contributed by atoms with Crippen LogP contribution in [0.25, 0.3) is 0 Å². The first kappa shape index (κ1) is 23.7. The first-order valence-electron chi connectivity index (χ1n) is 9.54. The molecule has 6 nitrogen and oxygen atoms in total. The summed E-state index contributed by atoms with van der Waals surface area (Å²) in [5.41, 5.74) is 0.957. The van der Waals surface area contributed by atoms with Crippen LogP contribution in [0.4, 0.5) is 5.69 Å². The number of guanidine groups is 1. The molecule has 1 aliphatic rings. The molecule has 1 saturated heterocycles. The molecule has 0 spiro atoms. The zero-order chi connectivity index (χ0) is 18.9. The van der Waals surface area contributed by atoms with Gasteiger partial charge in [-0.05, 0) is 52.4 Å². The molecule has 0 saturated carbocycles.